The number of carbonyl (C=O) groups is 1. The summed E-state index contributed by atoms with van der Waals surface area (Å²) < 4.78 is 0. The van der Waals surface area contributed by atoms with Crippen LogP contribution in [0.4, 0.5) is 0 Å². The Bertz CT molecular complexity index is 481. The lowest BCUT2D eigenvalue weighted by Crippen LogP contribution is -2.45. The molecule has 1 amide bonds. The zero-order valence-electron chi connectivity index (χ0n) is 13.6. The number of nitrogens with one attached hydrogen (secondary N) is 1. The van der Waals surface area contributed by atoms with Crippen LogP contribution < -0.4 is 5.32 Å². The maximum atomic E-state index is 13.0. The summed E-state index contributed by atoms with van der Waals surface area (Å²) in [6, 6.07) is 11.1. The van der Waals surface area contributed by atoms with Crippen molar-refractivity contribution in [2.75, 3.05) is 19.6 Å². The predicted octanol–water partition coefficient (Wildman–Crippen LogP) is 3.17. The van der Waals surface area contributed by atoms with Crippen molar-refractivity contribution >= 4 is 5.91 Å². The Balaban J connectivity index is 1.75. The molecule has 0 spiro atoms. The van der Waals surface area contributed by atoms with Gasteiger partial charge < -0.3 is 10.2 Å². The summed E-state index contributed by atoms with van der Waals surface area (Å²) in [6.07, 6.45) is 5.42. The average molecular weight is 300 g/mol. The number of hydrogen-bond acceptors (Lipinski definition) is 2. The van der Waals surface area contributed by atoms with Crippen molar-refractivity contribution in [1.29, 1.82) is 0 Å². The van der Waals surface area contributed by atoms with E-state index in [0.29, 0.717) is 17.9 Å². The van der Waals surface area contributed by atoms with Crippen molar-refractivity contribution in [2.45, 2.75) is 51.0 Å². The van der Waals surface area contributed by atoms with E-state index in [-0.39, 0.29) is 5.92 Å². The van der Waals surface area contributed by atoms with Gasteiger partial charge >= 0.3 is 0 Å². The second kappa shape index (κ2) is 7.28. The lowest BCUT2D eigenvalue weighted by atomic mass is 9.87. The molecule has 3 heteroatoms. The minimum absolute atomic E-state index is 0.245. The molecule has 1 aromatic rings. The molecule has 0 aromatic heterocycles. The summed E-state index contributed by atoms with van der Waals surface area (Å²) in [5.41, 5.74) is 1.39. The first-order valence-corrected chi connectivity index (χ1v) is 8.87. The van der Waals surface area contributed by atoms with Crippen LogP contribution in [0.25, 0.3) is 0 Å². The van der Waals surface area contributed by atoms with Crippen molar-refractivity contribution in [2.24, 2.45) is 5.92 Å². The Morgan fingerprint density at radius 2 is 1.95 bits per heavy atom. The number of piperidine rings is 1. The summed E-state index contributed by atoms with van der Waals surface area (Å²) in [4.78, 5) is 15.2. The van der Waals surface area contributed by atoms with Gasteiger partial charge in [0.15, 0.2) is 0 Å². The van der Waals surface area contributed by atoms with Gasteiger partial charge in [0.25, 0.3) is 0 Å². The molecule has 2 fully saturated rings. The molecule has 1 N–H and O–H groups in total. The average Bonchev–Trinajstić information content (AvgIpc) is 3.06. The SMILES string of the molecule is CCC(c1ccccc1)C1CCCN1C(=O)C1CCNCC1. The Morgan fingerprint density at radius 1 is 1.23 bits per heavy atom. The van der Waals surface area contributed by atoms with Gasteiger partial charge in [0.2, 0.25) is 5.91 Å². The van der Waals surface area contributed by atoms with Gasteiger partial charge in [-0.1, -0.05) is 37.3 Å². The van der Waals surface area contributed by atoms with Gasteiger partial charge in [-0.2, -0.15) is 0 Å². The van der Waals surface area contributed by atoms with E-state index in [9.17, 15) is 4.79 Å². The number of nitrogens with zero attached hydrogens (tertiary/aromatic N) is 1. The molecule has 2 unspecified atom stereocenters. The molecule has 2 atom stereocenters. The van der Waals surface area contributed by atoms with Crippen molar-refractivity contribution in [3.8, 4) is 0 Å². The van der Waals surface area contributed by atoms with E-state index >= 15 is 0 Å². The molecule has 2 saturated heterocycles. The van der Waals surface area contributed by atoms with Gasteiger partial charge in [-0.05, 0) is 50.8 Å². The van der Waals surface area contributed by atoms with Crippen LogP contribution in [0.3, 0.4) is 0 Å². The van der Waals surface area contributed by atoms with Crippen LogP contribution in [0.1, 0.15) is 50.5 Å². The van der Waals surface area contributed by atoms with Crippen molar-refractivity contribution in [3.05, 3.63) is 35.9 Å². The Morgan fingerprint density at radius 3 is 2.64 bits per heavy atom. The molecular weight excluding hydrogens is 272 g/mol. The highest BCUT2D eigenvalue weighted by Crippen LogP contribution is 2.35. The molecule has 22 heavy (non-hydrogen) atoms. The molecule has 2 aliphatic rings. The lowest BCUT2D eigenvalue weighted by Gasteiger charge is -2.35. The summed E-state index contributed by atoms with van der Waals surface area (Å²) in [5.74, 6) is 1.14. The van der Waals surface area contributed by atoms with Crippen LogP contribution in [-0.4, -0.2) is 36.5 Å². The van der Waals surface area contributed by atoms with E-state index in [1.54, 1.807) is 0 Å². The topological polar surface area (TPSA) is 32.3 Å². The minimum atomic E-state index is 0.245. The number of hydrogen-bond donors (Lipinski definition) is 1. The highest BCUT2D eigenvalue weighted by molar-refractivity contribution is 5.79. The fraction of sp³-hybridized carbons (Fsp3) is 0.632. The minimum Gasteiger partial charge on any atom is -0.339 e. The van der Waals surface area contributed by atoms with Crippen LogP contribution in [0, 0.1) is 5.92 Å². The molecule has 0 bridgehead atoms. The predicted molar refractivity (Wildman–Crippen MR) is 89.8 cm³/mol. The molecule has 3 rings (SSSR count). The van der Waals surface area contributed by atoms with Crippen LogP contribution in [-0.2, 0) is 4.79 Å². The first-order valence-electron chi connectivity index (χ1n) is 8.87. The largest absolute Gasteiger partial charge is 0.339 e. The lowest BCUT2D eigenvalue weighted by molar-refractivity contribution is -0.137. The normalized spacial score (nSPS) is 24.4. The van der Waals surface area contributed by atoms with Crippen molar-refractivity contribution < 1.29 is 4.79 Å². The zero-order valence-corrected chi connectivity index (χ0v) is 13.6. The molecule has 0 saturated carbocycles. The molecule has 0 aliphatic carbocycles. The van der Waals surface area contributed by atoms with Crippen LogP contribution in [0.5, 0.6) is 0 Å². The number of rotatable bonds is 4. The first kappa shape index (κ1) is 15.5. The Labute approximate surface area is 134 Å². The third kappa shape index (κ3) is 3.19. The van der Waals surface area contributed by atoms with Gasteiger partial charge in [-0.15, -0.1) is 0 Å². The van der Waals surface area contributed by atoms with Gasteiger partial charge in [-0.25, -0.2) is 0 Å². The van der Waals surface area contributed by atoms with Crippen molar-refractivity contribution in [1.82, 2.24) is 10.2 Å². The van der Waals surface area contributed by atoms with Crippen LogP contribution >= 0.6 is 0 Å². The van der Waals surface area contributed by atoms with Gasteiger partial charge in [0.1, 0.15) is 0 Å². The van der Waals surface area contributed by atoms with Gasteiger partial charge in [-0.3, -0.25) is 4.79 Å². The maximum Gasteiger partial charge on any atom is 0.226 e. The second-order valence-corrected chi connectivity index (χ2v) is 6.69. The summed E-state index contributed by atoms with van der Waals surface area (Å²) in [5, 5.41) is 3.36. The van der Waals surface area contributed by atoms with Gasteiger partial charge in [0.05, 0.1) is 0 Å². The molecule has 1 aromatic carbocycles. The quantitative estimate of drug-likeness (QED) is 0.926. The van der Waals surface area contributed by atoms with E-state index in [0.717, 1.165) is 51.7 Å². The fourth-order valence-corrected chi connectivity index (χ4v) is 4.22. The summed E-state index contributed by atoms with van der Waals surface area (Å²) in [7, 11) is 0. The number of likely N-dealkylation sites (tertiary alicyclic amines) is 1. The zero-order chi connectivity index (χ0) is 15.4. The monoisotopic (exact) mass is 300 g/mol. The molecular formula is C19H28N2O. The standard InChI is InChI=1S/C19H28N2O/c1-2-17(15-7-4-3-5-8-15)18-9-6-14-21(18)19(22)16-10-12-20-13-11-16/h3-5,7-8,16-18,20H,2,6,9-14H2,1H3. The molecule has 2 aliphatic heterocycles. The van der Waals surface area contributed by atoms with E-state index in [2.05, 4.69) is 47.5 Å². The maximum absolute atomic E-state index is 13.0. The van der Waals surface area contributed by atoms with E-state index in [1.165, 1.54) is 5.56 Å². The third-order valence-corrected chi connectivity index (χ3v) is 5.40. The van der Waals surface area contributed by atoms with E-state index in [1.807, 2.05) is 0 Å². The first-order chi connectivity index (χ1) is 10.8. The second-order valence-electron chi connectivity index (χ2n) is 6.69. The summed E-state index contributed by atoms with van der Waals surface area (Å²) >= 11 is 0. The molecule has 2 heterocycles. The highest BCUT2D eigenvalue weighted by atomic mass is 16.2. The smallest absolute Gasteiger partial charge is 0.226 e. The fourth-order valence-electron chi connectivity index (χ4n) is 4.22. The highest BCUT2D eigenvalue weighted by Gasteiger charge is 2.37. The van der Waals surface area contributed by atoms with Crippen LogP contribution in [0.15, 0.2) is 30.3 Å². The third-order valence-electron chi connectivity index (χ3n) is 5.40. The van der Waals surface area contributed by atoms with E-state index < -0.39 is 0 Å². The van der Waals surface area contributed by atoms with E-state index in [4.69, 9.17) is 0 Å². The Hall–Kier alpha value is -1.35. The molecule has 0 radical (unpaired) electrons. The number of amides is 1. The van der Waals surface area contributed by atoms with Gasteiger partial charge in [0, 0.05) is 24.4 Å². The molecule has 3 nitrogen and oxygen atoms in total. The number of benzene rings is 1. The number of carbonyl (C=O) groups excluding carboxylic acids is 1. The van der Waals surface area contributed by atoms with Crippen molar-refractivity contribution in [3.63, 3.8) is 0 Å². The summed E-state index contributed by atoms with van der Waals surface area (Å²) in [6.45, 7) is 5.19. The molecule has 120 valence electrons. The Kier molecular flexibility index (Phi) is 5.14. The van der Waals surface area contributed by atoms with Crippen LogP contribution in [0.2, 0.25) is 0 Å².